The van der Waals surface area contributed by atoms with Crippen LogP contribution >= 0.6 is 11.3 Å². The number of hydrogen-bond donors (Lipinski definition) is 2. The summed E-state index contributed by atoms with van der Waals surface area (Å²) in [6, 6.07) is 23.9. The Hall–Kier alpha value is -5.46. The topological polar surface area (TPSA) is 115 Å². The van der Waals surface area contributed by atoms with E-state index in [1.165, 1.54) is 22.0 Å². The van der Waals surface area contributed by atoms with Crippen molar-refractivity contribution in [2.75, 3.05) is 18.9 Å². The third-order valence-electron chi connectivity index (χ3n) is 7.78. The van der Waals surface area contributed by atoms with Crippen LogP contribution in [0.3, 0.4) is 0 Å². The molecule has 3 heterocycles. The summed E-state index contributed by atoms with van der Waals surface area (Å²) >= 11 is 1.20. The molecule has 238 valence electrons. The monoisotopic (exact) mass is 652 g/mol. The van der Waals surface area contributed by atoms with Gasteiger partial charge in [0.2, 0.25) is 0 Å². The molecular formula is C35H30F2N6O3S. The summed E-state index contributed by atoms with van der Waals surface area (Å²) in [5.74, 6) is -1.60. The van der Waals surface area contributed by atoms with Gasteiger partial charge in [0.25, 0.3) is 5.56 Å². The minimum absolute atomic E-state index is 0.272. The van der Waals surface area contributed by atoms with Crippen LogP contribution in [0.1, 0.15) is 16.8 Å². The van der Waals surface area contributed by atoms with Gasteiger partial charge in [-0.3, -0.25) is 14.3 Å². The van der Waals surface area contributed by atoms with Crippen LogP contribution in [0.5, 0.6) is 0 Å². The fourth-order valence-electron chi connectivity index (χ4n) is 5.49. The number of carbonyl (C=O) groups excluding carboxylic acids is 1. The number of para-hydroxylation sites is 1. The smallest absolute Gasteiger partial charge is 0.337 e. The quantitative estimate of drug-likeness (QED) is 0.195. The lowest BCUT2D eigenvalue weighted by Gasteiger charge is -2.18. The minimum atomic E-state index is -0.800. The predicted molar refractivity (Wildman–Crippen MR) is 180 cm³/mol. The van der Waals surface area contributed by atoms with Crippen molar-refractivity contribution in [1.29, 1.82) is 0 Å². The normalized spacial score (nSPS) is 11.3. The first-order valence-electron chi connectivity index (χ1n) is 14.8. The second kappa shape index (κ2) is 13.5. The van der Waals surface area contributed by atoms with Crippen LogP contribution in [-0.4, -0.2) is 38.6 Å². The van der Waals surface area contributed by atoms with E-state index in [0.29, 0.717) is 41.3 Å². The number of anilines is 1. The summed E-state index contributed by atoms with van der Waals surface area (Å²) in [6.45, 7) is 0.499. The summed E-state index contributed by atoms with van der Waals surface area (Å²) in [5.41, 5.74) is 6.84. The van der Waals surface area contributed by atoms with Crippen molar-refractivity contribution in [3.8, 4) is 16.1 Å². The molecule has 0 aliphatic carbocycles. The second-order valence-electron chi connectivity index (χ2n) is 11.0. The number of likely N-dealkylation sites (N-methyl/N-ethyl adjacent to an activating group) is 1. The number of amides is 2. The van der Waals surface area contributed by atoms with Gasteiger partial charge < -0.3 is 16.0 Å². The number of thiophene rings is 1. The predicted octanol–water partition coefficient (Wildman–Crippen LogP) is 5.77. The molecule has 0 radical (unpaired) electrons. The van der Waals surface area contributed by atoms with E-state index in [-0.39, 0.29) is 15.8 Å². The molecule has 0 saturated heterocycles. The lowest BCUT2D eigenvalue weighted by Crippen LogP contribution is -2.39. The van der Waals surface area contributed by atoms with Crippen molar-refractivity contribution in [2.24, 2.45) is 5.73 Å². The number of fused-ring (bicyclic) bond motifs is 1. The van der Waals surface area contributed by atoms with Crippen LogP contribution in [0, 0.1) is 11.6 Å². The van der Waals surface area contributed by atoms with Crippen LogP contribution in [-0.2, 0) is 19.5 Å². The number of pyridine rings is 1. The Morgan fingerprint density at radius 1 is 0.915 bits per heavy atom. The highest BCUT2D eigenvalue weighted by Crippen LogP contribution is 2.38. The molecule has 3 aromatic heterocycles. The molecule has 47 heavy (non-hydrogen) atoms. The molecule has 0 saturated carbocycles. The average molecular weight is 653 g/mol. The molecule has 6 rings (SSSR count). The molecular weight excluding hydrogens is 622 g/mol. The summed E-state index contributed by atoms with van der Waals surface area (Å²) < 4.78 is 32.3. The van der Waals surface area contributed by atoms with Gasteiger partial charge in [-0.25, -0.2) is 22.9 Å². The zero-order valence-corrected chi connectivity index (χ0v) is 26.1. The summed E-state index contributed by atoms with van der Waals surface area (Å²) in [4.78, 5) is 47.4. The van der Waals surface area contributed by atoms with E-state index in [1.807, 2.05) is 25.2 Å². The molecule has 2 amide bonds. The third-order valence-corrected chi connectivity index (χ3v) is 9.09. The maximum atomic E-state index is 15.0. The molecule has 0 bridgehead atoms. The van der Waals surface area contributed by atoms with E-state index in [0.717, 1.165) is 28.0 Å². The second-order valence-corrected chi connectivity index (χ2v) is 12.0. The Bertz CT molecular complexity index is 2160. The highest BCUT2D eigenvalue weighted by atomic mass is 32.1. The number of urea groups is 1. The average Bonchev–Trinajstić information content (AvgIpc) is 3.43. The Labute approximate surface area is 272 Å². The first-order chi connectivity index (χ1) is 22.7. The summed E-state index contributed by atoms with van der Waals surface area (Å²) in [5, 5.41) is 2.81. The number of hydrogen-bond acceptors (Lipinski definition) is 6. The Morgan fingerprint density at radius 2 is 1.62 bits per heavy atom. The number of benzene rings is 3. The number of primary amides is 1. The number of halogens is 2. The molecule has 0 unspecified atom stereocenters. The van der Waals surface area contributed by atoms with Crippen molar-refractivity contribution in [1.82, 2.24) is 19.0 Å². The number of nitrogens with zero attached hydrogens (tertiary/aromatic N) is 4. The molecule has 0 aliphatic heterocycles. The lowest BCUT2D eigenvalue weighted by molar-refractivity contribution is 0.259. The van der Waals surface area contributed by atoms with E-state index >= 15 is 0 Å². The minimum Gasteiger partial charge on any atom is -0.351 e. The third kappa shape index (κ3) is 6.60. The fourth-order valence-corrected chi connectivity index (χ4v) is 6.79. The van der Waals surface area contributed by atoms with Crippen LogP contribution in [0.25, 0.3) is 26.3 Å². The summed E-state index contributed by atoms with van der Waals surface area (Å²) in [7, 11) is 1.93. The van der Waals surface area contributed by atoms with Crippen molar-refractivity contribution in [2.45, 2.75) is 19.5 Å². The van der Waals surface area contributed by atoms with Crippen LogP contribution in [0.2, 0.25) is 0 Å². The van der Waals surface area contributed by atoms with Gasteiger partial charge >= 0.3 is 11.7 Å². The van der Waals surface area contributed by atoms with Crippen LogP contribution in [0.15, 0.2) is 107 Å². The van der Waals surface area contributed by atoms with Gasteiger partial charge in [0.15, 0.2) is 0 Å². The van der Waals surface area contributed by atoms with E-state index in [9.17, 15) is 23.2 Å². The Morgan fingerprint density at radius 3 is 2.28 bits per heavy atom. The van der Waals surface area contributed by atoms with Gasteiger partial charge in [-0.2, -0.15) is 0 Å². The molecule has 12 heteroatoms. The van der Waals surface area contributed by atoms with Crippen molar-refractivity contribution in [3.05, 3.63) is 146 Å². The van der Waals surface area contributed by atoms with Gasteiger partial charge in [-0.05, 0) is 66.7 Å². The van der Waals surface area contributed by atoms with E-state index in [4.69, 9.17) is 5.73 Å². The van der Waals surface area contributed by atoms with Crippen molar-refractivity contribution < 1.29 is 13.6 Å². The standard InChI is InChI=1S/C35H30F2N6O3S/c1-41(19-17-23-8-5-6-18-39-23)20-27-30-32(44)43(25-9-3-2-4-10-25)35(46)42(21-26-28(36)11-7-12-29(26)37)33(30)47-31(27)22-13-15-24(16-14-22)40-34(38)45/h2-16,18H,17,19-21H2,1H3,(H3,38,40,45). The molecule has 3 aromatic carbocycles. The molecule has 0 spiro atoms. The zero-order chi connectivity index (χ0) is 33.1. The number of aromatic nitrogens is 3. The molecule has 9 nitrogen and oxygen atoms in total. The SMILES string of the molecule is CN(CCc1ccccn1)Cc1c(-c2ccc(NC(N)=O)cc2)sc2c1c(=O)n(-c1ccccc1)c(=O)n2Cc1c(F)cccc1F. The van der Waals surface area contributed by atoms with Gasteiger partial charge in [0.1, 0.15) is 16.5 Å². The highest BCUT2D eigenvalue weighted by molar-refractivity contribution is 7.22. The molecule has 0 fully saturated rings. The maximum Gasteiger partial charge on any atom is 0.337 e. The summed E-state index contributed by atoms with van der Waals surface area (Å²) in [6.07, 6.45) is 2.40. The number of rotatable bonds is 10. The van der Waals surface area contributed by atoms with Gasteiger partial charge in [0, 0.05) is 47.5 Å². The largest absolute Gasteiger partial charge is 0.351 e. The van der Waals surface area contributed by atoms with Gasteiger partial charge in [-0.1, -0.05) is 42.5 Å². The Balaban J connectivity index is 1.58. The number of nitrogens with one attached hydrogen (secondary N) is 1. The van der Waals surface area contributed by atoms with E-state index in [2.05, 4.69) is 15.2 Å². The molecule has 6 aromatic rings. The maximum absolute atomic E-state index is 15.0. The zero-order valence-electron chi connectivity index (χ0n) is 25.3. The Kier molecular flexibility index (Phi) is 9.05. The van der Waals surface area contributed by atoms with E-state index in [1.54, 1.807) is 60.8 Å². The molecule has 0 atom stereocenters. The van der Waals surface area contributed by atoms with Gasteiger partial charge in [-0.15, -0.1) is 11.3 Å². The van der Waals surface area contributed by atoms with Gasteiger partial charge in [0.05, 0.1) is 17.6 Å². The number of nitrogens with two attached hydrogens (primary N) is 1. The number of carbonyl (C=O) groups is 1. The first kappa shape index (κ1) is 31.5. The molecule has 0 aliphatic rings. The van der Waals surface area contributed by atoms with E-state index < -0.39 is 35.5 Å². The van der Waals surface area contributed by atoms with Crippen LogP contribution in [0.4, 0.5) is 19.3 Å². The van der Waals surface area contributed by atoms with Crippen LogP contribution < -0.4 is 22.3 Å². The first-order valence-corrected chi connectivity index (χ1v) is 15.6. The lowest BCUT2D eigenvalue weighted by atomic mass is 10.1. The molecule has 3 N–H and O–H groups in total. The fraction of sp³-hybridized carbons (Fsp3) is 0.143. The van der Waals surface area contributed by atoms with Crippen molar-refractivity contribution >= 4 is 33.3 Å². The van der Waals surface area contributed by atoms with Crippen molar-refractivity contribution in [3.63, 3.8) is 0 Å². The highest BCUT2D eigenvalue weighted by Gasteiger charge is 2.25.